The summed E-state index contributed by atoms with van der Waals surface area (Å²) in [6, 6.07) is 0. The number of nitrogens with zero attached hydrogens (tertiary/aromatic N) is 2. The van der Waals surface area contributed by atoms with Gasteiger partial charge in [-0.2, -0.15) is 0 Å². The van der Waals surface area contributed by atoms with Crippen LogP contribution in [0.15, 0.2) is 5.16 Å². The van der Waals surface area contributed by atoms with E-state index in [0.717, 1.165) is 16.7 Å². The van der Waals surface area contributed by atoms with Crippen molar-refractivity contribution in [2.45, 2.75) is 12.8 Å². The Kier molecular flexibility index (Phi) is 2.98. The number of hydrogen-bond acceptors (Lipinski definition) is 2. The number of quaternary nitrogens is 1. The van der Waals surface area contributed by atoms with Gasteiger partial charge in [0.2, 0.25) is 0 Å². The van der Waals surface area contributed by atoms with E-state index in [9.17, 15) is 0 Å². The van der Waals surface area contributed by atoms with Gasteiger partial charge in [-0.15, -0.1) is 0 Å². The normalized spacial score (nSPS) is 42.8. The molecule has 0 atom stereocenters. The molecule has 0 spiro atoms. The van der Waals surface area contributed by atoms with Crippen LogP contribution in [0.3, 0.4) is 0 Å². The number of hydrogen-bond donors (Lipinski definition) is 1. The second-order valence-electron chi connectivity index (χ2n) is 4.09. The molecule has 3 rings (SSSR count). The minimum Gasteiger partial charge on any atom is -1.00 e. The molecule has 0 aromatic carbocycles. The zero-order chi connectivity index (χ0) is 7.90. The Morgan fingerprint density at radius 3 is 2.33 bits per heavy atom. The first-order valence-electron chi connectivity index (χ1n) is 4.28. The molecule has 3 nitrogen and oxygen atoms in total. The van der Waals surface area contributed by atoms with E-state index in [-0.39, 0.29) is 24.0 Å². The summed E-state index contributed by atoms with van der Waals surface area (Å²) in [6.45, 7) is 3.51. The fourth-order valence-corrected chi connectivity index (χ4v) is 2.32. The number of fused-ring (bicyclic) bond motifs is 3. The summed E-state index contributed by atoms with van der Waals surface area (Å²) in [5.74, 6) is 0.597. The maximum Gasteiger partial charge on any atom is 0.121 e. The van der Waals surface area contributed by atoms with Crippen LogP contribution in [-0.2, 0) is 0 Å². The SMILES string of the molecule is C[N+]12CCC(CC1)C(=NO)C2.[I-]. The monoisotopic (exact) mass is 282 g/mol. The van der Waals surface area contributed by atoms with Crippen molar-refractivity contribution in [3.8, 4) is 0 Å². The predicted octanol–water partition coefficient (Wildman–Crippen LogP) is -2.31. The maximum atomic E-state index is 8.71. The summed E-state index contributed by atoms with van der Waals surface area (Å²) in [7, 11) is 2.25. The summed E-state index contributed by atoms with van der Waals surface area (Å²) < 4.78 is 1.09. The van der Waals surface area contributed by atoms with E-state index in [0.29, 0.717) is 5.92 Å². The first-order chi connectivity index (χ1) is 5.23. The Morgan fingerprint density at radius 1 is 1.42 bits per heavy atom. The number of halogens is 1. The van der Waals surface area contributed by atoms with Gasteiger partial charge in [-0.25, -0.2) is 0 Å². The van der Waals surface area contributed by atoms with E-state index in [1.807, 2.05) is 0 Å². The molecule has 3 aliphatic rings. The van der Waals surface area contributed by atoms with Crippen LogP contribution in [0.25, 0.3) is 0 Å². The molecule has 0 radical (unpaired) electrons. The van der Waals surface area contributed by atoms with E-state index in [2.05, 4.69) is 12.2 Å². The van der Waals surface area contributed by atoms with Crippen molar-refractivity contribution in [2.75, 3.05) is 26.7 Å². The summed E-state index contributed by atoms with van der Waals surface area (Å²) in [5, 5.41) is 12.1. The minimum absolute atomic E-state index is 0. The molecule has 70 valence electrons. The molecule has 0 aromatic rings. The van der Waals surface area contributed by atoms with E-state index in [1.54, 1.807) is 0 Å². The van der Waals surface area contributed by atoms with Gasteiger partial charge >= 0.3 is 0 Å². The molecule has 0 amide bonds. The van der Waals surface area contributed by atoms with Crippen LogP contribution < -0.4 is 24.0 Å². The third kappa shape index (κ3) is 1.59. The largest absolute Gasteiger partial charge is 1.00 e. The first kappa shape index (κ1) is 10.2. The Morgan fingerprint density at radius 2 is 2.00 bits per heavy atom. The lowest BCUT2D eigenvalue weighted by Crippen LogP contribution is -3.00. The first-order valence-corrected chi connectivity index (χ1v) is 4.28. The second kappa shape index (κ2) is 3.49. The number of rotatable bonds is 0. The Labute approximate surface area is 90.0 Å². The van der Waals surface area contributed by atoms with E-state index >= 15 is 0 Å². The third-order valence-electron chi connectivity index (χ3n) is 3.18. The van der Waals surface area contributed by atoms with Gasteiger partial charge in [-0.3, -0.25) is 0 Å². The Hall–Kier alpha value is 0.160. The van der Waals surface area contributed by atoms with Crippen molar-refractivity contribution in [3.05, 3.63) is 0 Å². The highest BCUT2D eigenvalue weighted by molar-refractivity contribution is 5.88. The molecule has 12 heavy (non-hydrogen) atoms. The fourth-order valence-electron chi connectivity index (χ4n) is 2.32. The smallest absolute Gasteiger partial charge is 0.121 e. The van der Waals surface area contributed by atoms with E-state index in [1.165, 1.54) is 25.9 Å². The number of oxime groups is 1. The highest BCUT2D eigenvalue weighted by Gasteiger charge is 2.41. The molecule has 3 fully saturated rings. The van der Waals surface area contributed by atoms with Gasteiger partial charge in [0.1, 0.15) is 12.3 Å². The zero-order valence-corrected chi connectivity index (χ0v) is 9.49. The lowest BCUT2D eigenvalue weighted by atomic mass is 9.85. The Balaban J connectivity index is 0.000000720. The zero-order valence-electron chi connectivity index (χ0n) is 7.33. The molecule has 0 aliphatic carbocycles. The van der Waals surface area contributed by atoms with E-state index in [4.69, 9.17) is 5.21 Å². The van der Waals surface area contributed by atoms with Crippen LogP contribution in [0.1, 0.15) is 12.8 Å². The molecular weight excluding hydrogens is 267 g/mol. The molecule has 3 aliphatic heterocycles. The minimum atomic E-state index is 0. The van der Waals surface area contributed by atoms with Crippen molar-refractivity contribution in [1.82, 2.24) is 0 Å². The summed E-state index contributed by atoms with van der Waals surface area (Å²) in [4.78, 5) is 0. The molecule has 1 N–H and O–H groups in total. The van der Waals surface area contributed by atoms with Gasteiger partial charge in [0.05, 0.1) is 20.1 Å². The lowest BCUT2D eigenvalue weighted by Gasteiger charge is -2.46. The summed E-state index contributed by atoms with van der Waals surface area (Å²) in [5.41, 5.74) is 1.03. The third-order valence-corrected chi connectivity index (χ3v) is 3.18. The van der Waals surface area contributed by atoms with Crippen LogP contribution in [0.5, 0.6) is 0 Å². The molecule has 0 unspecified atom stereocenters. The van der Waals surface area contributed by atoms with Crippen LogP contribution in [0, 0.1) is 5.92 Å². The second-order valence-corrected chi connectivity index (χ2v) is 4.09. The topological polar surface area (TPSA) is 32.6 Å². The quantitative estimate of drug-likeness (QED) is 0.230. The van der Waals surface area contributed by atoms with Crippen LogP contribution in [-0.4, -0.2) is 42.1 Å². The molecular formula is C8H15IN2O. The Bertz CT molecular complexity index is 197. The van der Waals surface area contributed by atoms with Crippen LogP contribution >= 0.6 is 0 Å². The van der Waals surface area contributed by atoms with Gasteiger partial charge in [0.15, 0.2) is 0 Å². The van der Waals surface area contributed by atoms with Gasteiger partial charge in [0, 0.05) is 18.8 Å². The van der Waals surface area contributed by atoms with Crippen LogP contribution in [0.4, 0.5) is 0 Å². The molecule has 0 saturated carbocycles. The van der Waals surface area contributed by atoms with Crippen LogP contribution in [0.2, 0.25) is 0 Å². The summed E-state index contributed by atoms with van der Waals surface area (Å²) in [6.07, 6.45) is 2.44. The number of piperidine rings is 3. The molecule has 2 bridgehead atoms. The standard InChI is InChI=1S/C8H14N2O.HI/c1-10-4-2-7(3-5-10)8(6-10)9-11;/h7H,2-6H2,1H3;1H. The lowest BCUT2D eigenvalue weighted by molar-refractivity contribution is -0.911. The highest BCUT2D eigenvalue weighted by atomic mass is 127. The molecule has 4 heteroatoms. The average molecular weight is 282 g/mol. The maximum absolute atomic E-state index is 8.71. The summed E-state index contributed by atoms with van der Waals surface area (Å²) >= 11 is 0. The molecule has 0 aromatic heterocycles. The fraction of sp³-hybridized carbons (Fsp3) is 0.875. The van der Waals surface area contributed by atoms with Crippen molar-refractivity contribution in [3.63, 3.8) is 0 Å². The van der Waals surface area contributed by atoms with Crippen molar-refractivity contribution >= 4 is 5.71 Å². The van der Waals surface area contributed by atoms with Gasteiger partial charge in [-0.05, 0) is 0 Å². The van der Waals surface area contributed by atoms with Crippen molar-refractivity contribution in [2.24, 2.45) is 11.1 Å². The predicted molar refractivity (Wildman–Crippen MR) is 42.7 cm³/mol. The average Bonchev–Trinajstić information content (AvgIpc) is 2.04. The highest BCUT2D eigenvalue weighted by Crippen LogP contribution is 2.29. The van der Waals surface area contributed by atoms with Crippen molar-refractivity contribution < 1.29 is 33.7 Å². The van der Waals surface area contributed by atoms with Gasteiger partial charge < -0.3 is 33.7 Å². The van der Waals surface area contributed by atoms with Gasteiger partial charge in [0.25, 0.3) is 0 Å². The molecule has 3 heterocycles. The molecule has 3 saturated heterocycles. The van der Waals surface area contributed by atoms with E-state index < -0.39 is 0 Å². The van der Waals surface area contributed by atoms with Gasteiger partial charge in [-0.1, -0.05) is 5.16 Å². The van der Waals surface area contributed by atoms with Crippen molar-refractivity contribution in [1.29, 1.82) is 0 Å².